The van der Waals surface area contributed by atoms with Gasteiger partial charge in [-0.05, 0) is 65.5 Å². The fourth-order valence-corrected chi connectivity index (χ4v) is 3.99. The van der Waals surface area contributed by atoms with Crippen molar-refractivity contribution in [1.29, 1.82) is 0 Å². The van der Waals surface area contributed by atoms with Crippen LogP contribution in [0.15, 0.2) is 54.6 Å². The topological polar surface area (TPSA) is 87.7 Å². The van der Waals surface area contributed by atoms with Crippen LogP contribution < -0.4 is 10.6 Å². The number of amides is 3. The third-order valence-corrected chi connectivity index (χ3v) is 5.77. The average molecular weight is 510 g/mol. The summed E-state index contributed by atoms with van der Waals surface area (Å²) in [5, 5.41) is 5.77. The maximum atomic E-state index is 14.2. The van der Waals surface area contributed by atoms with Crippen molar-refractivity contribution in [3.63, 3.8) is 0 Å². The van der Waals surface area contributed by atoms with Crippen LogP contribution in [0.1, 0.15) is 78.1 Å². The van der Waals surface area contributed by atoms with Crippen LogP contribution in [0.5, 0.6) is 0 Å². The van der Waals surface area contributed by atoms with E-state index in [2.05, 4.69) is 10.6 Å². The number of benzene rings is 2. The number of ether oxygens (including phenoxy) is 1. The van der Waals surface area contributed by atoms with Gasteiger partial charge in [0, 0.05) is 12.1 Å². The van der Waals surface area contributed by atoms with Crippen LogP contribution in [0.3, 0.4) is 0 Å². The zero-order chi connectivity index (χ0) is 28.0. The summed E-state index contributed by atoms with van der Waals surface area (Å²) in [6, 6.07) is 15.4. The van der Waals surface area contributed by atoms with Crippen LogP contribution in [-0.2, 0) is 20.9 Å². The molecule has 0 aromatic heterocycles. The van der Waals surface area contributed by atoms with Crippen LogP contribution in [0.25, 0.3) is 0 Å². The molecule has 0 spiro atoms. The minimum absolute atomic E-state index is 0.240. The van der Waals surface area contributed by atoms with Gasteiger partial charge in [-0.25, -0.2) is 4.79 Å². The van der Waals surface area contributed by atoms with Crippen LogP contribution in [0.4, 0.5) is 4.79 Å². The number of nitrogens with one attached hydrogen (secondary N) is 2. The Hall–Kier alpha value is -3.35. The summed E-state index contributed by atoms with van der Waals surface area (Å²) in [5.74, 6) is -0.888. The number of aryl methyl sites for hydroxylation is 1. The Kier molecular flexibility index (Phi) is 9.90. The van der Waals surface area contributed by atoms with Gasteiger partial charge in [0.25, 0.3) is 0 Å². The summed E-state index contributed by atoms with van der Waals surface area (Å²) in [4.78, 5) is 42.2. The lowest BCUT2D eigenvalue weighted by molar-refractivity contribution is -0.149. The van der Waals surface area contributed by atoms with Gasteiger partial charge < -0.3 is 20.3 Å². The second-order valence-corrected chi connectivity index (χ2v) is 11.8. The second kappa shape index (κ2) is 12.3. The molecule has 0 saturated carbocycles. The molecule has 202 valence electrons. The van der Waals surface area contributed by atoms with E-state index in [9.17, 15) is 14.4 Å². The predicted molar refractivity (Wildman–Crippen MR) is 147 cm³/mol. The van der Waals surface area contributed by atoms with Gasteiger partial charge in [0.1, 0.15) is 17.7 Å². The fraction of sp³-hybridized carbons (Fsp3) is 0.500. The molecular weight excluding hydrogens is 466 g/mol. The molecule has 2 aromatic rings. The predicted octanol–water partition coefficient (Wildman–Crippen LogP) is 5.53. The molecule has 2 aromatic carbocycles. The quantitative estimate of drug-likeness (QED) is 0.490. The molecule has 0 bridgehead atoms. The van der Waals surface area contributed by atoms with Gasteiger partial charge in [0.2, 0.25) is 11.8 Å². The Morgan fingerprint density at radius 2 is 1.46 bits per heavy atom. The minimum atomic E-state index is -0.904. The minimum Gasteiger partial charge on any atom is -0.444 e. The van der Waals surface area contributed by atoms with Gasteiger partial charge in [-0.3, -0.25) is 9.59 Å². The molecular formula is C30H43N3O4. The van der Waals surface area contributed by atoms with Crippen LogP contribution in [-0.4, -0.2) is 40.0 Å². The molecule has 0 radical (unpaired) electrons. The van der Waals surface area contributed by atoms with Gasteiger partial charge in [-0.15, -0.1) is 0 Å². The number of carbonyl (C=O) groups is 3. The van der Waals surface area contributed by atoms with Crippen molar-refractivity contribution < 1.29 is 19.1 Å². The lowest BCUT2D eigenvalue weighted by Crippen LogP contribution is -2.59. The highest BCUT2D eigenvalue weighted by Crippen LogP contribution is 2.31. The lowest BCUT2D eigenvalue weighted by atomic mass is 9.93. The molecule has 37 heavy (non-hydrogen) atoms. The molecule has 2 N–H and O–H groups in total. The average Bonchev–Trinajstić information content (AvgIpc) is 2.78. The molecule has 0 saturated heterocycles. The Morgan fingerprint density at radius 1 is 0.892 bits per heavy atom. The van der Waals surface area contributed by atoms with Gasteiger partial charge >= 0.3 is 6.09 Å². The van der Waals surface area contributed by atoms with Crippen LogP contribution in [0.2, 0.25) is 0 Å². The molecule has 2 atom stereocenters. The van der Waals surface area contributed by atoms with E-state index >= 15 is 0 Å². The Balaban J connectivity index is 2.49. The number of rotatable bonds is 8. The maximum Gasteiger partial charge on any atom is 0.408 e. The normalized spacial score (nSPS) is 13.5. The summed E-state index contributed by atoms with van der Waals surface area (Å²) in [7, 11) is 0. The first-order valence-corrected chi connectivity index (χ1v) is 12.8. The molecule has 7 nitrogen and oxygen atoms in total. The second-order valence-electron chi connectivity index (χ2n) is 11.8. The van der Waals surface area contributed by atoms with E-state index in [1.807, 2.05) is 96.1 Å². The Bertz CT molecular complexity index is 1050. The number of nitrogens with zero attached hydrogens (tertiary/aromatic N) is 1. The van der Waals surface area contributed by atoms with Crippen molar-refractivity contribution in [3.05, 3.63) is 71.3 Å². The van der Waals surface area contributed by atoms with Crippen molar-refractivity contribution in [1.82, 2.24) is 15.5 Å². The van der Waals surface area contributed by atoms with Crippen molar-refractivity contribution in [3.8, 4) is 0 Å². The summed E-state index contributed by atoms with van der Waals surface area (Å²) >= 11 is 0. The molecule has 7 heteroatoms. The summed E-state index contributed by atoms with van der Waals surface area (Å²) in [6.45, 7) is 17.0. The monoisotopic (exact) mass is 509 g/mol. The largest absolute Gasteiger partial charge is 0.444 e. The molecule has 2 rings (SSSR count). The highest BCUT2D eigenvalue weighted by molar-refractivity contribution is 5.92. The van der Waals surface area contributed by atoms with Gasteiger partial charge in [-0.1, -0.05) is 74.0 Å². The summed E-state index contributed by atoms with van der Waals surface area (Å²) in [6.07, 6.45) is -0.672. The number of hydrogen-bond donors (Lipinski definition) is 2. The first-order chi connectivity index (χ1) is 17.1. The van der Waals surface area contributed by atoms with E-state index in [4.69, 9.17) is 4.74 Å². The fourth-order valence-electron chi connectivity index (χ4n) is 3.99. The Labute approximate surface area is 222 Å². The van der Waals surface area contributed by atoms with Crippen molar-refractivity contribution in [2.75, 3.05) is 0 Å². The first-order valence-electron chi connectivity index (χ1n) is 12.8. The third kappa shape index (κ3) is 8.92. The van der Waals surface area contributed by atoms with E-state index < -0.39 is 29.3 Å². The van der Waals surface area contributed by atoms with E-state index in [0.717, 1.165) is 11.1 Å². The molecule has 2 unspecified atom stereocenters. The molecule has 0 aliphatic rings. The van der Waals surface area contributed by atoms with E-state index in [1.165, 1.54) is 0 Å². The van der Waals surface area contributed by atoms with Crippen molar-refractivity contribution >= 4 is 17.9 Å². The van der Waals surface area contributed by atoms with Crippen LogP contribution >= 0.6 is 0 Å². The van der Waals surface area contributed by atoms with E-state index in [0.29, 0.717) is 12.1 Å². The van der Waals surface area contributed by atoms with Gasteiger partial charge in [0.15, 0.2) is 0 Å². The number of carbonyl (C=O) groups excluding carboxylic acids is 3. The standard InChI is InChI=1S/C30H43N3O4/c1-20(2)24(32-28(36)37-30(7,8)9)27(35)33(29(4,5)6)25(23-17-15-21(3)16-18-23)26(34)31-19-22-13-11-10-12-14-22/h10-18,20,24-25H,19H2,1-9H3,(H,31,34)(H,32,36). The van der Waals surface area contributed by atoms with Gasteiger partial charge in [0.05, 0.1) is 0 Å². The van der Waals surface area contributed by atoms with E-state index in [1.54, 1.807) is 25.7 Å². The third-order valence-electron chi connectivity index (χ3n) is 5.77. The number of alkyl carbamates (subject to hydrolysis) is 1. The zero-order valence-electron chi connectivity index (χ0n) is 23.7. The summed E-state index contributed by atoms with van der Waals surface area (Å²) in [5.41, 5.74) is 1.25. The first kappa shape index (κ1) is 29.9. The molecule has 3 amide bonds. The molecule has 0 aliphatic carbocycles. The summed E-state index contributed by atoms with van der Waals surface area (Å²) < 4.78 is 5.43. The van der Waals surface area contributed by atoms with Gasteiger partial charge in [-0.2, -0.15) is 0 Å². The van der Waals surface area contributed by atoms with Crippen molar-refractivity contribution in [2.45, 2.75) is 92.1 Å². The van der Waals surface area contributed by atoms with Crippen molar-refractivity contribution in [2.24, 2.45) is 5.92 Å². The molecule has 0 fully saturated rings. The Morgan fingerprint density at radius 3 is 1.95 bits per heavy atom. The lowest BCUT2D eigenvalue weighted by Gasteiger charge is -2.43. The smallest absolute Gasteiger partial charge is 0.408 e. The van der Waals surface area contributed by atoms with Crippen LogP contribution in [0, 0.1) is 12.8 Å². The van der Waals surface area contributed by atoms with E-state index in [-0.39, 0.29) is 17.7 Å². The highest BCUT2D eigenvalue weighted by Gasteiger charge is 2.42. The highest BCUT2D eigenvalue weighted by atomic mass is 16.6. The maximum absolute atomic E-state index is 14.2. The molecule has 0 heterocycles. The zero-order valence-corrected chi connectivity index (χ0v) is 23.7. The number of hydrogen-bond acceptors (Lipinski definition) is 4. The molecule has 0 aliphatic heterocycles. The SMILES string of the molecule is Cc1ccc(C(C(=O)NCc2ccccc2)N(C(=O)C(NC(=O)OC(C)(C)C)C(C)C)C(C)(C)C)cc1.